The van der Waals surface area contributed by atoms with Gasteiger partial charge in [0.05, 0.1) is 0 Å². The van der Waals surface area contributed by atoms with Crippen molar-refractivity contribution >= 4 is 44.8 Å². The number of aryl methyl sites for hydroxylation is 6. The molecule has 0 fully saturated rings. The molecule has 0 saturated carbocycles. The minimum Gasteiger partial charge on any atom is -0.485 e. The van der Waals surface area contributed by atoms with Crippen molar-refractivity contribution in [3.63, 3.8) is 0 Å². The van der Waals surface area contributed by atoms with Crippen molar-refractivity contribution in [3.05, 3.63) is 65.7 Å². The van der Waals surface area contributed by atoms with Crippen LogP contribution in [-0.2, 0) is 0 Å². The molecule has 4 aromatic rings. The Morgan fingerprint density at radius 3 is 1.34 bits per heavy atom. The lowest BCUT2D eigenvalue weighted by molar-refractivity contribution is 0.171. The number of ether oxygens (including phenoxy) is 2. The van der Waals surface area contributed by atoms with Crippen LogP contribution in [0.2, 0.25) is 0 Å². The van der Waals surface area contributed by atoms with Crippen molar-refractivity contribution in [3.8, 4) is 11.5 Å². The summed E-state index contributed by atoms with van der Waals surface area (Å²) in [6.07, 6.45) is 0. The predicted molar refractivity (Wildman–Crippen MR) is 130 cm³/mol. The van der Waals surface area contributed by atoms with Gasteiger partial charge in [-0.3, -0.25) is 0 Å². The van der Waals surface area contributed by atoms with Gasteiger partial charge in [0, 0.05) is 29.3 Å². The molecule has 1 aliphatic heterocycles. The highest BCUT2D eigenvalue weighted by molar-refractivity contribution is 7.13. The highest BCUT2D eigenvalue weighted by atomic mass is 32.1. The lowest BCUT2D eigenvalue weighted by Crippen LogP contribution is -2.14. The predicted octanol–water partition coefficient (Wildman–Crippen LogP) is 8.02. The number of thiophene rings is 3. The van der Waals surface area contributed by atoms with Gasteiger partial charge in [-0.05, 0) is 64.4 Å². The Hall–Kier alpha value is -1.82. The van der Waals surface area contributed by atoms with Crippen LogP contribution in [0.15, 0.2) is 36.4 Å². The summed E-state index contributed by atoms with van der Waals surface area (Å²) in [5.41, 5.74) is 0. The highest BCUT2D eigenvalue weighted by Crippen LogP contribution is 2.42. The minimum absolute atomic E-state index is 0.685. The Morgan fingerprint density at radius 1 is 0.552 bits per heavy atom. The van der Waals surface area contributed by atoms with Crippen molar-refractivity contribution in [2.45, 2.75) is 41.5 Å². The molecule has 1 aromatic carbocycles. The third kappa shape index (κ3) is 5.41. The zero-order valence-electron chi connectivity index (χ0n) is 17.9. The summed E-state index contributed by atoms with van der Waals surface area (Å²) < 4.78 is 10.9. The van der Waals surface area contributed by atoms with Crippen molar-refractivity contribution in [1.29, 1.82) is 0 Å². The molecular weight excluding hydrogens is 416 g/mol. The van der Waals surface area contributed by atoms with Crippen molar-refractivity contribution < 1.29 is 9.47 Å². The molecule has 0 radical (unpaired) electrons. The van der Waals surface area contributed by atoms with E-state index in [2.05, 4.69) is 77.9 Å². The van der Waals surface area contributed by atoms with Gasteiger partial charge >= 0.3 is 0 Å². The lowest BCUT2D eigenvalue weighted by Gasteiger charge is -2.15. The summed E-state index contributed by atoms with van der Waals surface area (Å²) in [5.74, 6) is 1.91. The van der Waals surface area contributed by atoms with E-state index < -0.39 is 0 Å². The Balaban J connectivity index is 0.000000128. The van der Waals surface area contributed by atoms with Crippen LogP contribution in [0.5, 0.6) is 11.5 Å². The maximum Gasteiger partial charge on any atom is 0.175 e. The van der Waals surface area contributed by atoms with Crippen molar-refractivity contribution in [1.82, 2.24) is 0 Å². The first-order valence-electron chi connectivity index (χ1n) is 9.70. The normalized spacial score (nSPS) is 12.1. The monoisotopic (exact) mass is 444 g/mol. The molecule has 2 nitrogen and oxygen atoms in total. The van der Waals surface area contributed by atoms with E-state index in [1.807, 2.05) is 22.7 Å². The van der Waals surface area contributed by atoms with Crippen LogP contribution in [0.25, 0.3) is 10.8 Å². The highest BCUT2D eigenvalue weighted by Gasteiger charge is 2.19. The van der Waals surface area contributed by atoms with Crippen LogP contribution >= 0.6 is 34.0 Å². The van der Waals surface area contributed by atoms with E-state index >= 15 is 0 Å². The van der Waals surface area contributed by atoms with Gasteiger partial charge in [-0.1, -0.05) is 24.3 Å². The van der Waals surface area contributed by atoms with Gasteiger partial charge in [-0.15, -0.1) is 34.0 Å². The summed E-state index contributed by atoms with van der Waals surface area (Å²) in [5, 5.41) is 2.82. The average molecular weight is 445 g/mol. The Bertz CT molecular complexity index is 1010. The molecule has 1 aliphatic rings. The minimum atomic E-state index is 0.685. The number of fused-ring (bicyclic) bond motifs is 2. The average Bonchev–Trinajstić information content (AvgIpc) is 3.33. The molecule has 0 bridgehead atoms. The van der Waals surface area contributed by atoms with Gasteiger partial charge in [-0.25, -0.2) is 0 Å². The van der Waals surface area contributed by atoms with Crippen LogP contribution in [0.1, 0.15) is 29.3 Å². The fourth-order valence-electron chi connectivity index (χ4n) is 3.26. The molecule has 0 spiro atoms. The van der Waals surface area contributed by atoms with Crippen LogP contribution in [-0.4, -0.2) is 13.2 Å². The molecule has 0 N–H and O–H groups in total. The van der Waals surface area contributed by atoms with Crippen molar-refractivity contribution in [2.75, 3.05) is 13.2 Å². The molecule has 29 heavy (non-hydrogen) atoms. The Kier molecular flexibility index (Phi) is 7.38. The van der Waals surface area contributed by atoms with E-state index in [-0.39, 0.29) is 0 Å². The summed E-state index contributed by atoms with van der Waals surface area (Å²) in [7, 11) is 0. The summed E-state index contributed by atoms with van der Waals surface area (Å²) in [4.78, 5) is 8.10. The van der Waals surface area contributed by atoms with Crippen LogP contribution < -0.4 is 9.47 Å². The molecule has 0 unspecified atom stereocenters. The molecule has 0 atom stereocenters. The number of hydrogen-bond acceptors (Lipinski definition) is 5. The number of benzene rings is 1. The van der Waals surface area contributed by atoms with E-state index in [0.717, 1.165) is 11.5 Å². The van der Waals surface area contributed by atoms with Crippen LogP contribution in [0.4, 0.5) is 0 Å². The zero-order valence-corrected chi connectivity index (χ0v) is 20.4. The Labute approximate surface area is 185 Å². The molecule has 3 aromatic heterocycles. The smallest absolute Gasteiger partial charge is 0.175 e. The molecule has 154 valence electrons. The molecule has 0 amide bonds. The Morgan fingerprint density at radius 2 is 0.966 bits per heavy atom. The van der Waals surface area contributed by atoms with Gasteiger partial charge in [0.15, 0.2) is 11.5 Å². The maximum absolute atomic E-state index is 5.46. The van der Waals surface area contributed by atoms with Gasteiger partial charge in [0.1, 0.15) is 13.2 Å². The second-order valence-corrected chi connectivity index (χ2v) is 11.3. The molecule has 0 saturated heterocycles. The second-order valence-electron chi connectivity index (χ2n) is 6.99. The molecule has 4 heterocycles. The van der Waals surface area contributed by atoms with Gasteiger partial charge < -0.3 is 9.47 Å². The van der Waals surface area contributed by atoms with Gasteiger partial charge in [0.25, 0.3) is 0 Å². The SMILES string of the molecule is Cc1ccc(C)s1.Cc1sc(C)c2c1OCCO2.Cc1sc(C)c2ccccc12. The van der Waals surface area contributed by atoms with Crippen LogP contribution in [0, 0.1) is 41.5 Å². The first kappa shape index (κ1) is 21.9. The fraction of sp³-hybridized carbons (Fsp3) is 0.333. The molecule has 5 heteroatoms. The van der Waals surface area contributed by atoms with E-state index in [1.165, 1.54) is 40.0 Å². The standard InChI is InChI=1S/C10H10S.C8H10O2S.C6H8S/c1-7-9-5-3-4-6-10(9)8(2)11-7;1-5-7-8(6(2)11-5)10-4-3-9-7;1-5-3-4-6(2)7-5/h3-6H,1-2H3;3-4H2,1-2H3;3-4H,1-2H3. The lowest BCUT2D eigenvalue weighted by atomic mass is 10.1. The first-order valence-corrected chi connectivity index (χ1v) is 12.1. The van der Waals surface area contributed by atoms with Gasteiger partial charge in [0.2, 0.25) is 0 Å². The summed E-state index contributed by atoms with van der Waals surface area (Å²) >= 11 is 5.46. The molecule has 5 rings (SSSR count). The summed E-state index contributed by atoms with van der Waals surface area (Å²) in [6.45, 7) is 14.1. The van der Waals surface area contributed by atoms with E-state index in [9.17, 15) is 0 Å². The van der Waals surface area contributed by atoms with E-state index in [0.29, 0.717) is 13.2 Å². The molecule has 0 aliphatic carbocycles. The quantitative estimate of drug-likeness (QED) is 0.273. The largest absolute Gasteiger partial charge is 0.485 e. The second kappa shape index (κ2) is 9.79. The van der Waals surface area contributed by atoms with Gasteiger partial charge in [-0.2, -0.15) is 0 Å². The third-order valence-corrected chi connectivity index (χ3v) is 7.55. The van der Waals surface area contributed by atoms with E-state index in [4.69, 9.17) is 9.47 Å². The van der Waals surface area contributed by atoms with Crippen molar-refractivity contribution in [2.24, 2.45) is 0 Å². The number of rotatable bonds is 0. The number of hydrogen-bond donors (Lipinski definition) is 0. The topological polar surface area (TPSA) is 18.5 Å². The summed E-state index contributed by atoms with van der Waals surface area (Å²) in [6, 6.07) is 12.9. The zero-order chi connectivity index (χ0) is 21.0. The maximum atomic E-state index is 5.46. The fourth-order valence-corrected chi connectivity index (χ4v) is 6.02. The first-order chi connectivity index (χ1) is 13.9. The van der Waals surface area contributed by atoms with E-state index in [1.54, 1.807) is 11.3 Å². The molecular formula is C24H28O2S3. The van der Waals surface area contributed by atoms with Crippen LogP contribution in [0.3, 0.4) is 0 Å². The third-order valence-electron chi connectivity index (χ3n) is 4.59.